The minimum atomic E-state index is -0.334. The van der Waals surface area contributed by atoms with Crippen LogP contribution in [0.25, 0.3) is 0 Å². The molecule has 0 spiro atoms. The van der Waals surface area contributed by atoms with Crippen LogP contribution in [-0.2, 0) is 11.4 Å². The monoisotopic (exact) mass is 420 g/mol. The molecule has 1 aliphatic heterocycles. The first-order valence-electron chi connectivity index (χ1n) is 10.3. The third-order valence-electron chi connectivity index (χ3n) is 5.13. The Bertz CT molecular complexity index is 1010. The number of pyridine rings is 1. The van der Waals surface area contributed by atoms with Crippen molar-refractivity contribution < 1.29 is 13.9 Å². The molecule has 0 bridgehead atoms. The summed E-state index contributed by atoms with van der Waals surface area (Å²) in [6.07, 6.45) is 1.80. The number of carbonyl (C=O) groups excluding carboxylic acids is 1. The lowest BCUT2D eigenvalue weighted by Crippen LogP contribution is -2.48. The van der Waals surface area contributed by atoms with Crippen LogP contribution in [0.5, 0.6) is 5.75 Å². The summed E-state index contributed by atoms with van der Waals surface area (Å²) >= 11 is 0. The van der Waals surface area contributed by atoms with Crippen LogP contribution >= 0.6 is 0 Å². The lowest BCUT2D eigenvalue weighted by molar-refractivity contribution is -0.117. The van der Waals surface area contributed by atoms with E-state index in [0.29, 0.717) is 18.9 Å². The maximum absolute atomic E-state index is 13.3. The smallest absolute Gasteiger partial charge is 0.238 e. The van der Waals surface area contributed by atoms with Gasteiger partial charge in [-0.15, -0.1) is 0 Å². The molecule has 0 atom stereocenters. The van der Waals surface area contributed by atoms with Gasteiger partial charge in [0.15, 0.2) is 0 Å². The number of piperazine rings is 1. The average Bonchev–Trinajstić information content (AvgIpc) is 2.79. The van der Waals surface area contributed by atoms with Crippen LogP contribution in [0.15, 0.2) is 72.9 Å². The number of hydrogen-bond donors (Lipinski definition) is 1. The Morgan fingerprint density at radius 2 is 1.84 bits per heavy atom. The number of hydrogen-bond acceptors (Lipinski definition) is 5. The highest BCUT2D eigenvalue weighted by Gasteiger charge is 2.19. The zero-order valence-electron chi connectivity index (χ0n) is 17.2. The number of amides is 1. The lowest BCUT2D eigenvalue weighted by atomic mass is 10.2. The zero-order valence-corrected chi connectivity index (χ0v) is 17.2. The average molecular weight is 420 g/mol. The number of aromatic nitrogens is 1. The number of carbonyl (C=O) groups is 1. The molecule has 160 valence electrons. The summed E-state index contributed by atoms with van der Waals surface area (Å²) in [6, 6.07) is 19.4. The van der Waals surface area contributed by atoms with Crippen LogP contribution in [0.3, 0.4) is 0 Å². The first-order chi connectivity index (χ1) is 15.2. The van der Waals surface area contributed by atoms with E-state index in [0.717, 1.165) is 43.2 Å². The topological polar surface area (TPSA) is 57.7 Å². The van der Waals surface area contributed by atoms with Gasteiger partial charge in [-0.3, -0.25) is 9.69 Å². The highest BCUT2D eigenvalue weighted by Crippen LogP contribution is 2.17. The normalized spacial score (nSPS) is 14.3. The first-order valence-corrected chi connectivity index (χ1v) is 10.3. The molecule has 1 aromatic heterocycles. The number of rotatable bonds is 7. The SMILES string of the molecule is O=C(CN1CCN(c2ccccn2)CC1)Nc1cccc(COc2cccc(F)c2)c1. The summed E-state index contributed by atoms with van der Waals surface area (Å²) in [4.78, 5) is 21.3. The molecule has 0 unspecified atom stereocenters. The molecule has 2 aromatic carbocycles. The van der Waals surface area contributed by atoms with E-state index >= 15 is 0 Å². The van der Waals surface area contributed by atoms with Crippen molar-refractivity contribution in [1.29, 1.82) is 0 Å². The van der Waals surface area contributed by atoms with Gasteiger partial charge in [0.25, 0.3) is 0 Å². The summed E-state index contributed by atoms with van der Waals surface area (Å²) in [6.45, 7) is 3.95. The molecule has 1 fully saturated rings. The molecule has 0 saturated carbocycles. The third kappa shape index (κ3) is 6.02. The zero-order chi connectivity index (χ0) is 21.5. The van der Waals surface area contributed by atoms with Gasteiger partial charge in [-0.1, -0.05) is 24.3 Å². The van der Waals surface area contributed by atoms with Crippen molar-refractivity contribution in [3.05, 3.63) is 84.3 Å². The van der Waals surface area contributed by atoms with E-state index in [9.17, 15) is 9.18 Å². The maximum atomic E-state index is 13.3. The highest BCUT2D eigenvalue weighted by atomic mass is 19.1. The van der Waals surface area contributed by atoms with Gasteiger partial charge in [0.05, 0.1) is 6.54 Å². The Morgan fingerprint density at radius 1 is 1.00 bits per heavy atom. The van der Waals surface area contributed by atoms with Crippen LogP contribution in [0.4, 0.5) is 15.9 Å². The number of nitrogens with one attached hydrogen (secondary N) is 1. The standard InChI is InChI=1S/C24H25FN4O2/c25-20-6-4-8-22(16-20)31-18-19-5-3-7-21(15-19)27-24(30)17-28-11-13-29(14-12-28)23-9-1-2-10-26-23/h1-10,15-16H,11-14,17-18H2,(H,27,30). The summed E-state index contributed by atoms with van der Waals surface area (Å²) in [5, 5.41) is 2.96. The van der Waals surface area contributed by atoms with Gasteiger partial charge < -0.3 is 15.0 Å². The van der Waals surface area contributed by atoms with Crippen molar-refractivity contribution >= 4 is 17.4 Å². The predicted molar refractivity (Wildman–Crippen MR) is 119 cm³/mol. The largest absolute Gasteiger partial charge is 0.489 e. The second kappa shape index (κ2) is 10.0. The number of benzene rings is 2. The summed E-state index contributed by atoms with van der Waals surface area (Å²) in [5.41, 5.74) is 1.61. The highest BCUT2D eigenvalue weighted by molar-refractivity contribution is 5.92. The number of anilines is 2. The Balaban J connectivity index is 1.25. The molecule has 2 heterocycles. The number of halogens is 1. The lowest BCUT2D eigenvalue weighted by Gasteiger charge is -2.34. The Hall–Kier alpha value is -3.45. The minimum absolute atomic E-state index is 0.0468. The van der Waals surface area contributed by atoms with E-state index in [1.165, 1.54) is 12.1 Å². The fraction of sp³-hybridized carbons (Fsp3) is 0.250. The van der Waals surface area contributed by atoms with Gasteiger partial charge >= 0.3 is 0 Å². The van der Waals surface area contributed by atoms with Crippen LogP contribution in [0, 0.1) is 5.82 Å². The van der Waals surface area contributed by atoms with E-state index in [2.05, 4.69) is 20.1 Å². The van der Waals surface area contributed by atoms with Gasteiger partial charge in [-0.05, 0) is 42.0 Å². The van der Waals surface area contributed by atoms with Crippen LogP contribution in [0.2, 0.25) is 0 Å². The van der Waals surface area contributed by atoms with Crippen LogP contribution < -0.4 is 15.0 Å². The Kier molecular flexibility index (Phi) is 6.74. The minimum Gasteiger partial charge on any atom is -0.489 e. The van der Waals surface area contributed by atoms with E-state index in [1.807, 2.05) is 42.5 Å². The molecule has 4 rings (SSSR count). The molecular weight excluding hydrogens is 395 g/mol. The van der Waals surface area contributed by atoms with Crippen molar-refractivity contribution in [1.82, 2.24) is 9.88 Å². The first kappa shape index (κ1) is 20.8. The maximum Gasteiger partial charge on any atom is 0.238 e. The molecule has 6 nitrogen and oxygen atoms in total. The van der Waals surface area contributed by atoms with Gasteiger partial charge in [-0.2, -0.15) is 0 Å². The molecule has 1 N–H and O–H groups in total. The van der Waals surface area contributed by atoms with Crippen LogP contribution in [-0.4, -0.2) is 48.5 Å². The molecule has 1 aliphatic rings. The number of nitrogens with zero attached hydrogens (tertiary/aromatic N) is 3. The van der Waals surface area contributed by atoms with Crippen molar-refractivity contribution in [3.8, 4) is 5.75 Å². The molecule has 1 amide bonds. The van der Waals surface area contributed by atoms with Crippen LogP contribution in [0.1, 0.15) is 5.56 Å². The van der Waals surface area contributed by atoms with Crippen molar-refractivity contribution in [2.75, 3.05) is 42.9 Å². The molecule has 3 aromatic rings. The van der Waals surface area contributed by atoms with E-state index in [4.69, 9.17) is 4.74 Å². The van der Waals surface area contributed by atoms with E-state index in [1.54, 1.807) is 18.3 Å². The van der Waals surface area contributed by atoms with Crippen molar-refractivity contribution in [2.24, 2.45) is 0 Å². The Morgan fingerprint density at radius 3 is 2.61 bits per heavy atom. The van der Waals surface area contributed by atoms with Crippen molar-refractivity contribution in [2.45, 2.75) is 6.61 Å². The van der Waals surface area contributed by atoms with E-state index < -0.39 is 0 Å². The second-order valence-electron chi connectivity index (χ2n) is 7.45. The fourth-order valence-electron chi connectivity index (χ4n) is 3.54. The summed E-state index contributed by atoms with van der Waals surface area (Å²) in [5.74, 6) is 1.07. The summed E-state index contributed by atoms with van der Waals surface area (Å²) < 4.78 is 18.9. The third-order valence-corrected chi connectivity index (χ3v) is 5.13. The van der Waals surface area contributed by atoms with Gasteiger partial charge in [-0.25, -0.2) is 9.37 Å². The molecule has 1 saturated heterocycles. The summed E-state index contributed by atoms with van der Waals surface area (Å²) in [7, 11) is 0. The second-order valence-corrected chi connectivity index (χ2v) is 7.45. The fourth-order valence-corrected chi connectivity index (χ4v) is 3.54. The Labute approximate surface area is 181 Å². The van der Waals surface area contributed by atoms with Gasteiger partial charge in [0.1, 0.15) is 24.0 Å². The molecule has 7 heteroatoms. The van der Waals surface area contributed by atoms with Gasteiger partial charge in [0, 0.05) is 44.1 Å². The molecule has 31 heavy (non-hydrogen) atoms. The molecule has 0 radical (unpaired) electrons. The van der Waals surface area contributed by atoms with Gasteiger partial charge in [0.2, 0.25) is 5.91 Å². The quantitative estimate of drug-likeness (QED) is 0.633. The molecule has 0 aliphatic carbocycles. The molecular formula is C24H25FN4O2. The van der Waals surface area contributed by atoms with Crippen molar-refractivity contribution in [3.63, 3.8) is 0 Å². The predicted octanol–water partition coefficient (Wildman–Crippen LogP) is 3.56. The number of ether oxygens (including phenoxy) is 1. The van der Waals surface area contributed by atoms with E-state index in [-0.39, 0.29) is 11.7 Å².